The second-order valence-electron chi connectivity index (χ2n) is 4.10. The summed E-state index contributed by atoms with van der Waals surface area (Å²) >= 11 is 0. The minimum atomic E-state index is -5.12. The molecule has 1 heterocycles. The molecule has 0 saturated carbocycles. The van der Waals surface area contributed by atoms with Gasteiger partial charge in [-0.15, -0.1) is 10.2 Å². The summed E-state index contributed by atoms with van der Waals surface area (Å²) in [4.78, 5) is 1.21. The van der Waals surface area contributed by atoms with E-state index in [0.29, 0.717) is 5.56 Å². The number of aromatic nitrogens is 4. The fourth-order valence-electron chi connectivity index (χ4n) is 1.58. The molecule has 0 saturated heterocycles. The number of hydrogen-bond donors (Lipinski definition) is 0. The first-order valence-corrected chi connectivity index (χ1v) is 5.52. The third kappa shape index (κ3) is 4.55. The molecule has 1 aromatic carbocycles. The van der Waals surface area contributed by atoms with E-state index in [9.17, 15) is 12.9 Å². The quantitative estimate of drug-likeness (QED) is 0.623. The Hall–Kier alpha value is -0.419. The summed E-state index contributed by atoms with van der Waals surface area (Å²) in [5, 5.41) is 11.0. The largest absolute Gasteiger partial charge is 1.00 e. The SMILES string of the molecule is Cc1ccc(OCc2nnn(C)n2)c([B-](F)(F)F)c1.[K+]. The van der Waals surface area contributed by atoms with Crippen LogP contribution in [0.4, 0.5) is 12.9 Å². The van der Waals surface area contributed by atoms with Crippen molar-refractivity contribution >= 4 is 12.4 Å². The Balaban J connectivity index is 0.00000200. The third-order valence-corrected chi connectivity index (χ3v) is 2.42. The zero-order chi connectivity index (χ0) is 14.0. The molecule has 0 aliphatic rings. The summed E-state index contributed by atoms with van der Waals surface area (Å²) < 4.78 is 43.8. The Labute approximate surface area is 156 Å². The molecule has 102 valence electrons. The summed E-state index contributed by atoms with van der Waals surface area (Å²) in [5.41, 5.74) is -0.219. The van der Waals surface area contributed by atoms with Crippen molar-refractivity contribution in [1.29, 1.82) is 0 Å². The molecule has 0 atom stereocenters. The van der Waals surface area contributed by atoms with Gasteiger partial charge in [0.05, 0.1) is 12.8 Å². The molecule has 0 unspecified atom stereocenters. The van der Waals surface area contributed by atoms with Gasteiger partial charge in [-0.2, -0.15) is 4.80 Å². The number of aryl methyl sites for hydroxylation is 2. The molecule has 2 aromatic rings. The van der Waals surface area contributed by atoms with Crippen molar-refractivity contribution in [3.63, 3.8) is 0 Å². The minimum absolute atomic E-state index is 0. The van der Waals surface area contributed by atoms with Gasteiger partial charge in [0.15, 0.2) is 6.61 Å². The van der Waals surface area contributed by atoms with Crippen LogP contribution in [0.2, 0.25) is 0 Å². The van der Waals surface area contributed by atoms with E-state index in [0.717, 1.165) is 6.07 Å². The van der Waals surface area contributed by atoms with E-state index in [4.69, 9.17) is 4.74 Å². The summed E-state index contributed by atoms with van der Waals surface area (Å²) in [6.45, 7) is -3.68. The van der Waals surface area contributed by atoms with Gasteiger partial charge in [-0.1, -0.05) is 23.2 Å². The smallest absolute Gasteiger partial charge is 0.488 e. The van der Waals surface area contributed by atoms with E-state index in [2.05, 4.69) is 15.4 Å². The van der Waals surface area contributed by atoms with Gasteiger partial charge < -0.3 is 17.7 Å². The van der Waals surface area contributed by atoms with Crippen LogP contribution in [0, 0.1) is 6.92 Å². The molecule has 1 aromatic heterocycles. The molecular formula is C10H11BF3KN4O. The van der Waals surface area contributed by atoms with E-state index in [1.807, 2.05) is 0 Å². The minimum Gasteiger partial charge on any atom is -0.488 e. The van der Waals surface area contributed by atoms with Crippen LogP contribution in [0.5, 0.6) is 5.75 Å². The van der Waals surface area contributed by atoms with Gasteiger partial charge in [-0.05, 0) is 18.2 Å². The van der Waals surface area contributed by atoms with Crippen LogP contribution < -0.4 is 61.6 Å². The molecule has 0 fully saturated rings. The number of benzene rings is 1. The standard InChI is InChI=1S/C10H11BF3N4O.K/c1-7-3-4-9(8(5-7)11(12,13)14)19-6-10-15-17-18(2)16-10;/h3-5H,6H2,1-2H3;/q-1;+1. The van der Waals surface area contributed by atoms with Crippen molar-refractivity contribution in [2.24, 2.45) is 7.05 Å². The molecule has 0 N–H and O–H groups in total. The molecule has 0 amide bonds. The Morgan fingerprint density at radius 3 is 2.55 bits per heavy atom. The predicted molar refractivity (Wildman–Crippen MR) is 63.0 cm³/mol. The molecule has 10 heteroatoms. The zero-order valence-electron chi connectivity index (χ0n) is 11.3. The summed E-state index contributed by atoms with van der Waals surface area (Å²) in [6.07, 6.45) is 0. The maximum atomic E-state index is 12.9. The van der Waals surface area contributed by atoms with E-state index in [1.165, 1.54) is 10.9 Å². The Morgan fingerprint density at radius 2 is 2.00 bits per heavy atom. The molecular weight excluding hydrogens is 299 g/mol. The van der Waals surface area contributed by atoms with Gasteiger partial charge in [-0.3, -0.25) is 0 Å². The van der Waals surface area contributed by atoms with Gasteiger partial charge in [0.1, 0.15) is 0 Å². The average Bonchev–Trinajstić information content (AvgIpc) is 2.72. The van der Waals surface area contributed by atoms with Crippen molar-refractivity contribution in [3.05, 3.63) is 29.6 Å². The number of rotatable bonds is 4. The first-order chi connectivity index (χ1) is 8.86. The van der Waals surface area contributed by atoms with Crippen molar-refractivity contribution in [2.75, 3.05) is 0 Å². The number of halogens is 3. The molecule has 20 heavy (non-hydrogen) atoms. The monoisotopic (exact) mass is 310 g/mol. The van der Waals surface area contributed by atoms with Gasteiger partial charge in [0.2, 0.25) is 5.82 Å². The molecule has 0 aliphatic carbocycles. The summed E-state index contributed by atoms with van der Waals surface area (Å²) in [5.74, 6) is 0.00857. The second-order valence-corrected chi connectivity index (χ2v) is 4.10. The van der Waals surface area contributed by atoms with Crippen LogP contribution >= 0.6 is 0 Å². The first kappa shape index (κ1) is 17.6. The van der Waals surface area contributed by atoms with Crippen molar-refractivity contribution in [1.82, 2.24) is 20.2 Å². The first-order valence-electron chi connectivity index (χ1n) is 5.52. The fraction of sp³-hybridized carbons (Fsp3) is 0.300. The van der Waals surface area contributed by atoms with E-state index in [-0.39, 0.29) is 69.6 Å². The molecule has 2 rings (SSSR count). The normalized spacial score (nSPS) is 11.1. The molecule has 0 spiro atoms. The van der Waals surface area contributed by atoms with Crippen molar-refractivity contribution in [2.45, 2.75) is 13.5 Å². The second kappa shape index (κ2) is 7.03. The Kier molecular flexibility index (Phi) is 6.20. The summed E-state index contributed by atoms with van der Waals surface area (Å²) in [7, 11) is 1.56. The Bertz CT molecular complexity index is 590. The van der Waals surface area contributed by atoms with E-state index < -0.39 is 12.4 Å². The maximum Gasteiger partial charge on any atom is 1.00 e. The van der Waals surface area contributed by atoms with Crippen LogP contribution in [0.1, 0.15) is 11.4 Å². The van der Waals surface area contributed by atoms with Crippen LogP contribution in [-0.2, 0) is 13.7 Å². The number of ether oxygens (including phenoxy) is 1. The van der Waals surface area contributed by atoms with Crippen LogP contribution in [0.25, 0.3) is 0 Å². The summed E-state index contributed by atoms with van der Waals surface area (Å²) in [6, 6.07) is 3.93. The zero-order valence-corrected chi connectivity index (χ0v) is 14.5. The topological polar surface area (TPSA) is 52.8 Å². The fourth-order valence-corrected chi connectivity index (χ4v) is 1.58. The van der Waals surface area contributed by atoms with Gasteiger partial charge in [0, 0.05) is 0 Å². The molecule has 0 aliphatic heterocycles. The predicted octanol–water partition coefficient (Wildman–Crippen LogP) is -1.84. The number of tetrazole rings is 1. The van der Waals surface area contributed by atoms with E-state index in [1.54, 1.807) is 20.0 Å². The maximum absolute atomic E-state index is 12.9. The van der Waals surface area contributed by atoms with Gasteiger partial charge in [-0.25, -0.2) is 0 Å². The molecule has 5 nitrogen and oxygen atoms in total. The van der Waals surface area contributed by atoms with E-state index >= 15 is 0 Å². The third-order valence-electron chi connectivity index (χ3n) is 2.42. The average molecular weight is 310 g/mol. The Morgan fingerprint density at radius 1 is 1.30 bits per heavy atom. The van der Waals surface area contributed by atoms with Crippen LogP contribution in [-0.4, -0.2) is 27.2 Å². The number of hydrogen-bond acceptors (Lipinski definition) is 4. The van der Waals surface area contributed by atoms with Crippen LogP contribution in [0.3, 0.4) is 0 Å². The van der Waals surface area contributed by atoms with Crippen LogP contribution in [0.15, 0.2) is 18.2 Å². The molecule has 0 radical (unpaired) electrons. The van der Waals surface area contributed by atoms with Crippen molar-refractivity contribution in [3.8, 4) is 5.75 Å². The molecule has 0 bridgehead atoms. The number of nitrogens with zero attached hydrogens (tertiary/aromatic N) is 4. The van der Waals surface area contributed by atoms with Crippen molar-refractivity contribution < 1.29 is 69.1 Å². The van der Waals surface area contributed by atoms with Gasteiger partial charge in [0.25, 0.3) is 0 Å². The van der Waals surface area contributed by atoms with Gasteiger partial charge >= 0.3 is 58.4 Å².